The van der Waals surface area contributed by atoms with Crippen molar-refractivity contribution in [2.45, 2.75) is 31.5 Å². The third-order valence-electron chi connectivity index (χ3n) is 6.75. The molecule has 0 saturated carbocycles. The number of β-amino-alcohol motifs (C(OH)–C–C–N with tert-alkyl or cyclic N) is 1. The molecule has 0 aliphatic carbocycles. The molecule has 2 aromatic carbocycles. The molecular weight excluding hydrogens is 518 g/mol. The first-order valence-corrected chi connectivity index (χ1v) is 12.0. The van der Waals surface area contributed by atoms with E-state index in [2.05, 4.69) is 15.1 Å². The summed E-state index contributed by atoms with van der Waals surface area (Å²) in [4.78, 5) is 2.14. The van der Waals surface area contributed by atoms with Crippen molar-refractivity contribution in [3.8, 4) is 28.9 Å². The zero-order chi connectivity index (χ0) is 24.7. The van der Waals surface area contributed by atoms with Gasteiger partial charge in [0, 0.05) is 32.6 Å². The number of benzene rings is 2. The monoisotopic (exact) mass is 547 g/mol. The molecule has 0 amide bonds. The maximum atomic E-state index is 11.2. The number of rotatable bonds is 7. The molecule has 38 heavy (non-hydrogen) atoms. The van der Waals surface area contributed by atoms with Gasteiger partial charge in [-0.1, -0.05) is 12.1 Å². The summed E-state index contributed by atoms with van der Waals surface area (Å²) in [5.74, 6) is 3.20. The summed E-state index contributed by atoms with van der Waals surface area (Å²) in [6, 6.07) is 12.9. The van der Waals surface area contributed by atoms with E-state index in [1.165, 1.54) is 0 Å². The van der Waals surface area contributed by atoms with Gasteiger partial charge < -0.3 is 43.6 Å². The third kappa shape index (κ3) is 5.42. The summed E-state index contributed by atoms with van der Waals surface area (Å²) < 4.78 is 28.1. The maximum absolute atomic E-state index is 11.2. The molecule has 0 bridgehead atoms. The van der Waals surface area contributed by atoms with Gasteiger partial charge >= 0.3 is 0 Å². The predicted octanol–water partition coefficient (Wildman–Crippen LogP) is 2.84. The van der Waals surface area contributed by atoms with Crippen LogP contribution in [0.25, 0.3) is 22.6 Å². The Balaban J connectivity index is 0.00000168. The second-order valence-electron chi connectivity index (χ2n) is 9.27. The minimum absolute atomic E-state index is 0. The lowest BCUT2D eigenvalue weighted by Gasteiger charge is -2.39. The van der Waals surface area contributed by atoms with Crippen molar-refractivity contribution in [1.29, 1.82) is 0 Å². The van der Waals surface area contributed by atoms with Crippen molar-refractivity contribution in [3.05, 3.63) is 53.9 Å². The van der Waals surface area contributed by atoms with E-state index in [1.54, 1.807) is 13.0 Å². The van der Waals surface area contributed by atoms with Crippen LogP contribution in [0.15, 0.2) is 51.3 Å². The van der Waals surface area contributed by atoms with E-state index in [-0.39, 0.29) is 31.3 Å². The fourth-order valence-corrected chi connectivity index (χ4v) is 4.78. The largest absolute Gasteiger partial charge is 0.490 e. The lowest BCUT2D eigenvalue weighted by molar-refractivity contribution is -0.0373. The van der Waals surface area contributed by atoms with Crippen LogP contribution in [0.4, 0.5) is 0 Å². The van der Waals surface area contributed by atoms with Gasteiger partial charge in [0.1, 0.15) is 24.0 Å². The minimum Gasteiger partial charge on any atom is -0.490 e. The maximum Gasteiger partial charge on any atom is 0.283 e. The number of aromatic nitrogens is 2. The molecule has 4 aromatic rings. The van der Waals surface area contributed by atoms with Crippen LogP contribution in [-0.2, 0) is 5.60 Å². The second-order valence-corrected chi connectivity index (χ2v) is 9.27. The van der Waals surface area contributed by atoms with Crippen LogP contribution in [0.5, 0.6) is 17.2 Å². The summed E-state index contributed by atoms with van der Waals surface area (Å²) in [7, 11) is 0. The Morgan fingerprint density at radius 1 is 1.05 bits per heavy atom. The van der Waals surface area contributed by atoms with E-state index in [4.69, 9.17) is 23.0 Å². The Bertz CT molecular complexity index is 1380. The van der Waals surface area contributed by atoms with Crippen molar-refractivity contribution in [3.63, 3.8) is 0 Å². The van der Waals surface area contributed by atoms with Crippen molar-refractivity contribution in [1.82, 2.24) is 15.1 Å². The van der Waals surface area contributed by atoms with Gasteiger partial charge in [-0.2, -0.15) is 0 Å². The molecule has 1 fully saturated rings. The van der Waals surface area contributed by atoms with E-state index in [0.29, 0.717) is 72.8 Å². The average Bonchev–Trinajstić information content (AvgIpc) is 3.63. The first-order valence-electron chi connectivity index (χ1n) is 12.0. The third-order valence-corrected chi connectivity index (χ3v) is 6.75. The molecule has 0 radical (unpaired) electrons. The Labute approximate surface area is 224 Å². The highest BCUT2D eigenvalue weighted by Crippen LogP contribution is 2.39. The number of aryl methyl sites for hydroxylation is 1. The number of halogens is 1. The van der Waals surface area contributed by atoms with Crippen LogP contribution >= 0.6 is 12.4 Å². The summed E-state index contributed by atoms with van der Waals surface area (Å²) in [5, 5.41) is 30.5. The van der Waals surface area contributed by atoms with E-state index in [0.717, 1.165) is 10.9 Å². The number of ether oxygens (including phenoxy) is 3. The molecule has 2 aromatic heterocycles. The van der Waals surface area contributed by atoms with E-state index < -0.39 is 11.7 Å². The van der Waals surface area contributed by atoms with Crippen molar-refractivity contribution in [2.75, 3.05) is 33.0 Å². The van der Waals surface area contributed by atoms with Crippen molar-refractivity contribution < 1.29 is 38.7 Å². The normalized spacial score (nSPS) is 17.0. The lowest BCUT2D eigenvalue weighted by atomic mass is 9.84. The van der Waals surface area contributed by atoms with Gasteiger partial charge in [-0.25, -0.2) is 0 Å². The Hall–Kier alpha value is -3.35. The molecule has 1 saturated heterocycles. The zero-order valence-electron chi connectivity index (χ0n) is 20.8. The number of furan rings is 1. The van der Waals surface area contributed by atoms with Gasteiger partial charge in [0.05, 0.1) is 11.0 Å². The summed E-state index contributed by atoms with van der Waals surface area (Å²) in [6.45, 7) is 3.82. The molecule has 2 aliphatic heterocycles. The van der Waals surface area contributed by atoms with Crippen LogP contribution in [0.3, 0.4) is 0 Å². The molecule has 12 heteroatoms. The first kappa shape index (κ1) is 27.7. The van der Waals surface area contributed by atoms with Gasteiger partial charge in [0.2, 0.25) is 12.7 Å². The summed E-state index contributed by atoms with van der Waals surface area (Å²) >= 11 is 0. The second kappa shape index (κ2) is 11.2. The highest BCUT2D eigenvalue weighted by Gasteiger charge is 2.35. The topological polar surface area (TPSA) is 155 Å². The number of fused-ring (bicyclic) bond motifs is 2. The predicted molar refractivity (Wildman–Crippen MR) is 139 cm³/mol. The molecule has 6 rings (SSSR count). The molecule has 4 heterocycles. The van der Waals surface area contributed by atoms with E-state index >= 15 is 0 Å². The lowest BCUT2D eigenvalue weighted by Crippen LogP contribution is -2.46. The van der Waals surface area contributed by atoms with Crippen molar-refractivity contribution >= 4 is 23.4 Å². The Morgan fingerprint density at radius 2 is 1.84 bits per heavy atom. The Morgan fingerprint density at radius 3 is 2.61 bits per heavy atom. The molecule has 1 atom stereocenters. The van der Waals surface area contributed by atoms with Crippen LogP contribution in [0.2, 0.25) is 0 Å². The average molecular weight is 548 g/mol. The fourth-order valence-electron chi connectivity index (χ4n) is 4.78. The number of hydrogen-bond donors (Lipinski definition) is 2. The number of aliphatic hydroxyl groups excluding tert-OH is 1. The van der Waals surface area contributed by atoms with Gasteiger partial charge in [0.25, 0.3) is 5.89 Å². The molecule has 11 nitrogen and oxygen atoms in total. The van der Waals surface area contributed by atoms with Gasteiger partial charge in [-0.15, -0.1) is 22.6 Å². The van der Waals surface area contributed by atoms with Crippen LogP contribution in [-0.4, -0.2) is 69.9 Å². The van der Waals surface area contributed by atoms with Gasteiger partial charge in [-0.05, 0) is 42.7 Å². The highest BCUT2D eigenvalue weighted by molar-refractivity contribution is 5.87. The summed E-state index contributed by atoms with van der Waals surface area (Å²) in [6.07, 6.45) is 0.431. The van der Waals surface area contributed by atoms with Crippen LogP contribution in [0, 0.1) is 6.92 Å². The SMILES string of the molecule is Cc1nnc(-c2cc3c(OC[C@@H](O)CN4CCC(O)(c5ccc6c(c5)OCO6)CC4)cccc3o2)o1.Cl.O. The van der Waals surface area contributed by atoms with Gasteiger partial charge in [0.15, 0.2) is 17.3 Å². The minimum atomic E-state index is -0.926. The standard InChI is InChI=1S/C26H27N3O7.ClH.H2O/c1-16-27-28-25(35-16)24-12-19-20(3-2-4-21(19)36-24)32-14-18(30)13-29-9-7-26(31,8-10-29)17-5-6-22-23(11-17)34-15-33-22;;/h2-6,11-12,18,30-31H,7-10,13-15H2,1H3;1H;1H2/t18-;;/m0../s1. The number of nitrogens with zero attached hydrogens (tertiary/aromatic N) is 3. The van der Waals surface area contributed by atoms with Crippen LogP contribution < -0.4 is 14.2 Å². The smallest absolute Gasteiger partial charge is 0.283 e. The zero-order valence-corrected chi connectivity index (χ0v) is 21.6. The molecular formula is C26H30ClN3O8. The van der Waals surface area contributed by atoms with Crippen LogP contribution in [0.1, 0.15) is 24.3 Å². The Kier molecular flexibility index (Phi) is 8.14. The number of aliphatic hydroxyl groups is 2. The first-order chi connectivity index (χ1) is 17.5. The van der Waals surface area contributed by atoms with Gasteiger partial charge in [-0.3, -0.25) is 0 Å². The number of likely N-dealkylation sites (tertiary alicyclic amines) is 1. The quantitative estimate of drug-likeness (QED) is 0.353. The number of hydrogen-bond acceptors (Lipinski definition) is 10. The number of piperidine rings is 1. The fraction of sp³-hybridized carbons (Fsp3) is 0.385. The molecule has 0 spiro atoms. The van der Waals surface area contributed by atoms with Crippen molar-refractivity contribution in [2.24, 2.45) is 0 Å². The molecule has 0 unspecified atom stereocenters. The molecule has 204 valence electrons. The van der Waals surface area contributed by atoms with E-state index in [1.807, 2.05) is 36.4 Å². The molecule has 4 N–H and O–H groups in total. The van der Waals surface area contributed by atoms with E-state index in [9.17, 15) is 10.2 Å². The summed E-state index contributed by atoms with van der Waals surface area (Å²) in [5.41, 5.74) is 0.537. The molecule has 2 aliphatic rings. The highest BCUT2D eigenvalue weighted by atomic mass is 35.5.